The molecule has 1 aliphatic rings. The predicted molar refractivity (Wildman–Crippen MR) is 73.0 cm³/mol. The first kappa shape index (κ1) is 12.0. The number of fused-ring (bicyclic) bond motifs is 1. The standard InChI is InChI=1S/C14H17N3O2/c18-12-4-3-11-14(17-12)10(8-16-11)5-6-15-13(19)7-9-1-2-9/h3-4,8-9,16H,1-2,5-7H2,(H,15,19)(H,17,18). The highest BCUT2D eigenvalue weighted by Crippen LogP contribution is 2.32. The first-order valence-corrected chi connectivity index (χ1v) is 6.68. The van der Waals surface area contributed by atoms with E-state index in [-0.39, 0.29) is 11.5 Å². The van der Waals surface area contributed by atoms with Gasteiger partial charge >= 0.3 is 0 Å². The smallest absolute Gasteiger partial charge is 0.248 e. The van der Waals surface area contributed by atoms with Gasteiger partial charge in [-0.2, -0.15) is 0 Å². The third kappa shape index (κ3) is 2.86. The van der Waals surface area contributed by atoms with E-state index in [1.165, 1.54) is 18.9 Å². The molecule has 3 N–H and O–H groups in total. The number of aromatic nitrogens is 2. The zero-order chi connectivity index (χ0) is 13.2. The molecule has 0 atom stereocenters. The number of H-pyrrole nitrogens is 2. The number of nitrogens with one attached hydrogen (secondary N) is 3. The Labute approximate surface area is 110 Å². The summed E-state index contributed by atoms with van der Waals surface area (Å²) in [5.41, 5.74) is 2.67. The lowest BCUT2D eigenvalue weighted by molar-refractivity contribution is -0.121. The van der Waals surface area contributed by atoms with Crippen molar-refractivity contribution in [3.8, 4) is 0 Å². The molecule has 0 aromatic carbocycles. The van der Waals surface area contributed by atoms with Crippen LogP contribution in [0.2, 0.25) is 0 Å². The van der Waals surface area contributed by atoms with Crippen LogP contribution in [0.5, 0.6) is 0 Å². The number of hydrogen-bond donors (Lipinski definition) is 3. The molecule has 2 heterocycles. The number of hydrogen-bond acceptors (Lipinski definition) is 2. The number of aromatic amines is 2. The van der Waals surface area contributed by atoms with E-state index in [9.17, 15) is 9.59 Å². The van der Waals surface area contributed by atoms with Gasteiger partial charge in [-0.25, -0.2) is 0 Å². The van der Waals surface area contributed by atoms with E-state index in [0.717, 1.165) is 23.0 Å². The Morgan fingerprint density at radius 3 is 3.00 bits per heavy atom. The van der Waals surface area contributed by atoms with Crippen molar-refractivity contribution < 1.29 is 4.79 Å². The largest absolute Gasteiger partial charge is 0.360 e. The van der Waals surface area contributed by atoms with E-state index in [1.54, 1.807) is 6.07 Å². The fourth-order valence-electron chi connectivity index (χ4n) is 2.28. The SMILES string of the molecule is O=C(CC1CC1)NCCc1c[nH]c2ccc(=O)[nH]c12. The molecular formula is C14H17N3O2. The van der Waals surface area contributed by atoms with Crippen LogP contribution in [0.4, 0.5) is 0 Å². The average molecular weight is 259 g/mol. The summed E-state index contributed by atoms with van der Waals surface area (Å²) in [5, 5.41) is 2.93. The molecule has 1 aliphatic carbocycles. The van der Waals surface area contributed by atoms with Gasteiger partial charge < -0.3 is 15.3 Å². The van der Waals surface area contributed by atoms with Crippen molar-refractivity contribution in [2.75, 3.05) is 6.54 Å². The van der Waals surface area contributed by atoms with Crippen LogP contribution in [-0.2, 0) is 11.2 Å². The topological polar surface area (TPSA) is 77.8 Å². The Morgan fingerprint density at radius 1 is 1.37 bits per heavy atom. The van der Waals surface area contributed by atoms with Crippen molar-refractivity contribution in [3.05, 3.63) is 34.2 Å². The quantitative estimate of drug-likeness (QED) is 0.757. The zero-order valence-corrected chi connectivity index (χ0v) is 10.7. The number of carbonyl (C=O) groups excluding carboxylic acids is 1. The second-order valence-corrected chi connectivity index (χ2v) is 5.17. The van der Waals surface area contributed by atoms with Crippen molar-refractivity contribution in [3.63, 3.8) is 0 Å². The summed E-state index contributed by atoms with van der Waals surface area (Å²) < 4.78 is 0. The zero-order valence-electron chi connectivity index (χ0n) is 10.7. The van der Waals surface area contributed by atoms with Gasteiger partial charge in [0.25, 0.3) is 0 Å². The molecular weight excluding hydrogens is 242 g/mol. The maximum absolute atomic E-state index is 11.6. The van der Waals surface area contributed by atoms with Gasteiger partial charge in [-0.05, 0) is 36.8 Å². The van der Waals surface area contributed by atoms with Crippen molar-refractivity contribution in [1.29, 1.82) is 0 Å². The minimum Gasteiger partial charge on any atom is -0.360 e. The molecule has 1 fully saturated rings. The van der Waals surface area contributed by atoms with Crippen molar-refractivity contribution in [2.45, 2.75) is 25.7 Å². The van der Waals surface area contributed by atoms with Crippen LogP contribution in [0.3, 0.4) is 0 Å². The lowest BCUT2D eigenvalue weighted by Crippen LogP contribution is -2.25. The van der Waals surface area contributed by atoms with Gasteiger partial charge in [0.15, 0.2) is 0 Å². The monoisotopic (exact) mass is 259 g/mol. The van der Waals surface area contributed by atoms with E-state index >= 15 is 0 Å². The molecule has 1 saturated carbocycles. The minimum atomic E-state index is -0.105. The molecule has 19 heavy (non-hydrogen) atoms. The summed E-state index contributed by atoms with van der Waals surface area (Å²) in [6, 6.07) is 3.27. The van der Waals surface area contributed by atoms with E-state index in [0.29, 0.717) is 18.9 Å². The van der Waals surface area contributed by atoms with E-state index in [4.69, 9.17) is 0 Å². The predicted octanol–water partition coefficient (Wildman–Crippen LogP) is 1.31. The Balaban J connectivity index is 1.60. The van der Waals surface area contributed by atoms with Gasteiger partial charge in [0, 0.05) is 25.2 Å². The van der Waals surface area contributed by atoms with Crippen molar-refractivity contribution in [1.82, 2.24) is 15.3 Å². The van der Waals surface area contributed by atoms with Gasteiger partial charge in [0.05, 0.1) is 11.0 Å². The summed E-state index contributed by atoms with van der Waals surface area (Å²) >= 11 is 0. The maximum atomic E-state index is 11.6. The van der Waals surface area contributed by atoms with Crippen LogP contribution in [0.15, 0.2) is 23.1 Å². The van der Waals surface area contributed by atoms with E-state index in [1.807, 2.05) is 6.20 Å². The molecule has 5 heteroatoms. The first-order valence-electron chi connectivity index (χ1n) is 6.68. The fourth-order valence-corrected chi connectivity index (χ4v) is 2.28. The molecule has 0 radical (unpaired) electrons. The van der Waals surface area contributed by atoms with E-state index in [2.05, 4.69) is 15.3 Å². The Morgan fingerprint density at radius 2 is 2.21 bits per heavy atom. The Bertz CT molecular complexity index is 652. The van der Waals surface area contributed by atoms with Crippen LogP contribution in [-0.4, -0.2) is 22.4 Å². The molecule has 0 unspecified atom stereocenters. The first-order chi connectivity index (χ1) is 9.22. The van der Waals surface area contributed by atoms with Crippen molar-refractivity contribution >= 4 is 16.9 Å². The molecule has 100 valence electrons. The summed E-state index contributed by atoms with van der Waals surface area (Å²) in [5.74, 6) is 0.750. The third-order valence-corrected chi connectivity index (χ3v) is 3.53. The molecule has 2 aromatic rings. The van der Waals surface area contributed by atoms with Crippen LogP contribution < -0.4 is 10.9 Å². The summed E-state index contributed by atoms with van der Waals surface area (Å²) in [4.78, 5) is 28.8. The highest BCUT2D eigenvalue weighted by Gasteiger charge is 2.23. The van der Waals surface area contributed by atoms with Gasteiger partial charge in [-0.1, -0.05) is 0 Å². The second-order valence-electron chi connectivity index (χ2n) is 5.17. The van der Waals surface area contributed by atoms with Gasteiger partial charge in [-0.15, -0.1) is 0 Å². The lowest BCUT2D eigenvalue weighted by Gasteiger charge is -2.03. The van der Waals surface area contributed by atoms with E-state index < -0.39 is 0 Å². The van der Waals surface area contributed by atoms with Crippen molar-refractivity contribution in [2.24, 2.45) is 5.92 Å². The van der Waals surface area contributed by atoms with Crippen LogP contribution in [0.1, 0.15) is 24.8 Å². The molecule has 2 aromatic heterocycles. The van der Waals surface area contributed by atoms with Crippen LogP contribution in [0, 0.1) is 5.92 Å². The number of rotatable bonds is 5. The highest BCUT2D eigenvalue weighted by atomic mass is 16.1. The molecule has 0 aliphatic heterocycles. The summed E-state index contributed by atoms with van der Waals surface area (Å²) in [6.45, 7) is 0.607. The van der Waals surface area contributed by atoms with Crippen LogP contribution >= 0.6 is 0 Å². The second kappa shape index (κ2) is 4.91. The lowest BCUT2D eigenvalue weighted by atomic mass is 10.2. The highest BCUT2D eigenvalue weighted by molar-refractivity contribution is 5.79. The Hall–Kier alpha value is -2.04. The number of carbonyl (C=O) groups is 1. The molecule has 0 bridgehead atoms. The van der Waals surface area contributed by atoms with Gasteiger partial charge in [-0.3, -0.25) is 9.59 Å². The van der Waals surface area contributed by atoms with Crippen LogP contribution in [0.25, 0.3) is 11.0 Å². The molecule has 5 nitrogen and oxygen atoms in total. The van der Waals surface area contributed by atoms with Gasteiger partial charge in [0.1, 0.15) is 0 Å². The minimum absolute atomic E-state index is 0.105. The molecule has 0 saturated heterocycles. The number of amides is 1. The fraction of sp³-hybridized carbons (Fsp3) is 0.429. The molecule has 3 rings (SSSR count). The normalized spacial score (nSPS) is 14.7. The average Bonchev–Trinajstić information content (AvgIpc) is 3.10. The Kier molecular flexibility index (Phi) is 3.11. The third-order valence-electron chi connectivity index (χ3n) is 3.53. The molecule has 0 spiro atoms. The molecule has 1 amide bonds. The summed E-state index contributed by atoms with van der Waals surface area (Å²) in [7, 11) is 0. The summed E-state index contributed by atoms with van der Waals surface area (Å²) in [6.07, 6.45) is 5.64. The number of pyridine rings is 1. The van der Waals surface area contributed by atoms with Gasteiger partial charge in [0.2, 0.25) is 11.5 Å². The maximum Gasteiger partial charge on any atom is 0.248 e.